The number of hydrogen-bond acceptors (Lipinski definition) is 3. The molecule has 0 fully saturated rings. The molecule has 18 heavy (non-hydrogen) atoms. The zero-order chi connectivity index (χ0) is 13.9. The summed E-state index contributed by atoms with van der Waals surface area (Å²) < 4.78 is 6.36. The molecule has 0 amide bonds. The lowest BCUT2D eigenvalue weighted by molar-refractivity contribution is 0.0695. The van der Waals surface area contributed by atoms with Gasteiger partial charge in [-0.15, -0.1) is 0 Å². The van der Waals surface area contributed by atoms with E-state index in [1.54, 1.807) is 12.1 Å². The molecule has 4 nitrogen and oxygen atoms in total. The third-order valence-electron chi connectivity index (χ3n) is 2.92. The van der Waals surface area contributed by atoms with Gasteiger partial charge in [0.2, 0.25) is 0 Å². The van der Waals surface area contributed by atoms with Crippen LogP contribution in [0, 0.1) is 0 Å². The van der Waals surface area contributed by atoms with Crippen LogP contribution in [0.25, 0.3) is 0 Å². The van der Waals surface area contributed by atoms with Crippen molar-refractivity contribution in [1.29, 1.82) is 0 Å². The van der Waals surface area contributed by atoms with E-state index in [1.165, 1.54) is 6.07 Å². The summed E-state index contributed by atoms with van der Waals surface area (Å²) in [4.78, 5) is 13.0. The summed E-state index contributed by atoms with van der Waals surface area (Å²) in [6.45, 7) is 4.60. The highest BCUT2D eigenvalue weighted by Crippen LogP contribution is 2.23. The SMILES string of the molecule is CN(C)C(C)(C)COc1cc(Br)cc(C(=O)O)c1. The molecular weight excluding hydrogens is 298 g/mol. The van der Waals surface area contributed by atoms with E-state index >= 15 is 0 Å². The molecule has 0 unspecified atom stereocenters. The lowest BCUT2D eigenvalue weighted by Gasteiger charge is -2.32. The van der Waals surface area contributed by atoms with Gasteiger partial charge in [0.1, 0.15) is 12.4 Å². The van der Waals surface area contributed by atoms with Gasteiger partial charge in [0.15, 0.2) is 0 Å². The molecule has 1 aromatic carbocycles. The van der Waals surface area contributed by atoms with Crippen molar-refractivity contribution in [1.82, 2.24) is 4.90 Å². The van der Waals surface area contributed by atoms with Crippen LogP contribution in [0.3, 0.4) is 0 Å². The number of halogens is 1. The van der Waals surface area contributed by atoms with E-state index in [1.807, 2.05) is 14.1 Å². The van der Waals surface area contributed by atoms with Crippen molar-refractivity contribution in [3.63, 3.8) is 0 Å². The number of benzene rings is 1. The highest BCUT2D eigenvalue weighted by Gasteiger charge is 2.21. The minimum atomic E-state index is -0.965. The van der Waals surface area contributed by atoms with E-state index in [9.17, 15) is 4.79 Å². The number of rotatable bonds is 5. The summed E-state index contributed by atoms with van der Waals surface area (Å²) in [7, 11) is 3.96. The molecule has 0 bridgehead atoms. The van der Waals surface area contributed by atoms with Crippen molar-refractivity contribution >= 4 is 21.9 Å². The zero-order valence-corrected chi connectivity index (χ0v) is 12.6. The fourth-order valence-electron chi connectivity index (χ4n) is 1.16. The van der Waals surface area contributed by atoms with Crippen molar-refractivity contribution in [2.75, 3.05) is 20.7 Å². The Morgan fingerprint density at radius 3 is 2.50 bits per heavy atom. The van der Waals surface area contributed by atoms with Crippen molar-refractivity contribution in [3.05, 3.63) is 28.2 Å². The van der Waals surface area contributed by atoms with Gasteiger partial charge in [-0.1, -0.05) is 15.9 Å². The van der Waals surface area contributed by atoms with E-state index in [0.29, 0.717) is 16.8 Å². The van der Waals surface area contributed by atoms with Gasteiger partial charge in [-0.25, -0.2) is 4.79 Å². The van der Waals surface area contributed by atoms with Crippen LogP contribution in [0.1, 0.15) is 24.2 Å². The first-order valence-corrected chi connectivity index (χ1v) is 6.36. The number of ether oxygens (including phenoxy) is 1. The highest BCUT2D eigenvalue weighted by atomic mass is 79.9. The Balaban J connectivity index is 2.83. The predicted molar refractivity (Wildman–Crippen MR) is 74.4 cm³/mol. The van der Waals surface area contributed by atoms with Crippen LogP contribution in [-0.4, -0.2) is 42.2 Å². The summed E-state index contributed by atoms with van der Waals surface area (Å²) in [5.74, 6) is -0.412. The quantitative estimate of drug-likeness (QED) is 0.907. The number of carbonyl (C=O) groups is 1. The van der Waals surface area contributed by atoms with Gasteiger partial charge in [-0.05, 0) is 46.1 Å². The average Bonchev–Trinajstić information content (AvgIpc) is 2.25. The van der Waals surface area contributed by atoms with Gasteiger partial charge in [0.25, 0.3) is 0 Å². The average molecular weight is 316 g/mol. The predicted octanol–water partition coefficient (Wildman–Crippen LogP) is 2.87. The minimum Gasteiger partial charge on any atom is -0.492 e. The summed E-state index contributed by atoms with van der Waals surface area (Å²) in [5.41, 5.74) is 0.0909. The Morgan fingerprint density at radius 2 is 2.00 bits per heavy atom. The van der Waals surface area contributed by atoms with E-state index in [-0.39, 0.29) is 11.1 Å². The van der Waals surface area contributed by atoms with Crippen LogP contribution in [0.5, 0.6) is 5.75 Å². The van der Waals surface area contributed by atoms with Crippen LogP contribution in [0.4, 0.5) is 0 Å². The van der Waals surface area contributed by atoms with E-state index in [2.05, 4.69) is 34.7 Å². The number of nitrogens with zero attached hydrogens (tertiary/aromatic N) is 1. The van der Waals surface area contributed by atoms with E-state index in [0.717, 1.165) is 0 Å². The second-order valence-corrected chi connectivity index (χ2v) is 5.89. The molecule has 1 rings (SSSR count). The van der Waals surface area contributed by atoms with E-state index < -0.39 is 5.97 Å². The molecule has 0 aliphatic rings. The maximum atomic E-state index is 10.9. The molecule has 0 atom stereocenters. The van der Waals surface area contributed by atoms with Gasteiger partial charge in [0.05, 0.1) is 5.56 Å². The molecule has 0 saturated heterocycles. The Morgan fingerprint density at radius 1 is 1.39 bits per heavy atom. The van der Waals surface area contributed by atoms with Gasteiger partial charge >= 0.3 is 5.97 Å². The Hall–Kier alpha value is -1.07. The third kappa shape index (κ3) is 3.99. The second kappa shape index (κ2) is 5.71. The zero-order valence-electron chi connectivity index (χ0n) is 11.0. The molecule has 0 spiro atoms. The lowest BCUT2D eigenvalue weighted by atomic mass is 10.1. The molecule has 0 saturated carbocycles. The first kappa shape index (κ1) is 15.0. The van der Waals surface area contributed by atoms with Crippen LogP contribution < -0.4 is 4.74 Å². The summed E-state index contributed by atoms with van der Waals surface area (Å²) in [6, 6.07) is 4.84. The smallest absolute Gasteiger partial charge is 0.335 e. The normalized spacial score (nSPS) is 11.7. The monoisotopic (exact) mass is 315 g/mol. The molecule has 0 heterocycles. The van der Waals surface area contributed by atoms with E-state index in [4.69, 9.17) is 9.84 Å². The molecule has 1 N–H and O–H groups in total. The fourth-order valence-corrected chi connectivity index (χ4v) is 1.63. The van der Waals surface area contributed by atoms with Crippen LogP contribution >= 0.6 is 15.9 Å². The van der Waals surface area contributed by atoms with Crippen molar-refractivity contribution in [3.8, 4) is 5.75 Å². The molecule has 0 aromatic heterocycles. The number of carboxylic acids is 1. The lowest BCUT2D eigenvalue weighted by Crippen LogP contribution is -2.43. The summed E-state index contributed by atoms with van der Waals surface area (Å²) >= 11 is 3.28. The first-order valence-electron chi connectivity index (χ1n) is 5.56. The maximum absolute atomic E-state index is 10.9. The number of aromatic carboxylic acids is 1. The van der Waals surface area contributed by atoms with Crippen molar-refractivity contribution in [2.45, 2.75) is 19.4 Å². The summed E-state index contributed by atoms with van der Waals surface area (Å²) in [6.07, 6.45) is 0. The molecule has 100 valence electrons. The van der Waals surface area contributed by atoms with Crippen LogP contribution in [0.15, 0.2) is 22.7 Å². The molecule has 0 aliphatic heterocycles. The summed E-state index contributed by atoms with van der Waals surface area (Å²) in [5, 5.41) is 8.97. The van der Waals surface area contributed by atoms with Gasteiger partial charge in [-0.2, -0.15) is 0 Å². The van der Waals surface area contributed by atoms with Gasteiger partial charge < -0.3 is 14.7 Å². The van der Waals surface area contributed by atoms with Gasteiger partial charge in [0, 0.05) is 10.0 Å². The standard InChI is InChI=1S/C13H18BrNO3/c1-13(2,15(3)4)8-18-11-6-9(12(16)17)5-10(14)7-11/h5-7H,8H2,1-4H3,(H,16,17). The van der Waals surface area contributed by atoms with Gasteiger partial charge in [-0.3, -0.25) is 0 Å². The van der Waals surface area contributed by atoms with Crippen molar-refractivity contribution in [2.24, 2.45) is 0 Å². The fraction of sp³-hybridized carbons (Fsp3) is 0.462. The number of hydrogen-bond donors (Lipinski definition) is 1. The Labute approximate surface area is 116 Å². The second-order valence-electron chi connectivity index (χ2n) is 4.98. The van der Waals surface area contributed by atoms with Crippen LogP contribution in [-0.2, 0) is 0 Å². The third-order valence-corrected chi connectivity index (χ3v) is 3.38. The largest absolute Gasteiger partial charge is 0.492 e. The maximum Gasteiger partial charge on any atom is 0.335 e. The van der Waals surface area contributed by atoms with Crippen molar-refractivity contribution < 1.29 is 14.6 Å². The molecule has 0 radical (unpaired) electrons. The number of carboxylic acid groups (broad SMARTS) is 1. The molecule has 5 heteroatoms. The van der Waals surface area contributed by atoms with Crippen LogP contribution in [0.2, 0.25) is 0 Å². The highest BCUT2D eigenvalue weighted by molar-refractivity contribution is 9.10. The first-order chi connectivity index (χ1) is 8.22. The Kier molecular flexibility index (Phi) is 4.76. The molecule has 1 aromatic rings. The molecular formula is C13H18BrNO3. The Bertz CT molecular complexity index is 444. The minimum absolute atomic E-state index is 0.119. The number of likely N-dealkylation sites (N-methyl/N-ethyl adjacent to an activating group) is 1. The molecule has 0 aliphatic carbocycles. The topological polar surface area (TPSA) is 49.8 Å².